The van der Waals surface area contributed by atoms with Crippen molar-refractivity contribution in [2.45, 2.75) is 12.8 Å². The van der Waals surface area contributed by atoms with Gasteiger partial charge in [-0.25, -0.2) is 0 Å². The van der Waals surface area contributed by atoms with Crippen LogP contribution in [0.3, 0.4) is 0 Å². The van der Waals surface area contributed by atoms with Crippen molar-refractivity contribution >= 4 is 57.1 Å². The van der Waals surface area contributed by atoms with E-state index in [1.165, 1.54) is 0 Å². The molecule has 0 heterocycles. The van der Waals surface area contributed by atoms with Gasteiger partial charge in [-0.15, -0.1) is 0 Å². The summed E-state index contributed by atoms with van der Waals surface area (Å²) in [5.41, 5.74) is 0.210. The second-order valence-electron chi connectivity index (χ2n) is 3.54. The Morgan fingerprint density at radius 2 is 1.94 bits per heavy atom. The summed E-state index contributed by atoms with van der Waals surface area (Å²) >= 11 is 4.01. The van der Waals surface area contributed by atoms with E-state index in [0.29, 0.717) is 9.99 Å². The fourth-order valence-corrected chi connectivity index (χ4v) is 3.12. The van der Waals surface area contributed by atoms with Crippen molar-refractivity contribution < 1.29 is 19.8 Å². The van der Waals surface area contributed by atoms with Crippen molar-refractivity contribution in [3.05, 3.63) is 24.8 Å². The third kappa shape index (κ3) is 4.59. The summed E-state index contributed by atoms with van der Waals surface area (Å²) in [5.74, 6) is -1.34. The van der Waals surface area contributed by atoms with Crippen LogP contribution in [-0.2, 0) is 4.79 Å². The Kier molecular flexibility index (Phi) is 6.12. The van der Waals surface area contributed by atoms with Gasteiger partial charge in [-0.2, -0.15) is 0 Å². The molecule has 0 aromatic heterocycles. The number of carboxylic acids is 1. The number of halogens is 2. The van der Waals surface area contributed by atoms with Crippen LogP contribution in [0.1, 0.15) is 23.2 Å². The van der Waals surface area contributed by atoms with Crippen LogP contribution in [0.15, 0.2) is 12.1 Å². The number of hydrogen-bond acceptors (Lipinski definition) is 3. The zero-order valence-electron chi connectivity index (χ0n) is 9.24. The number of phenols is 1. The molecule has 1 aromatic carbocycles. The molecule has 0 fully saturated rings. The molecule has 0 saturated carbocycles. The summed E-state index contributed by atoms with van der Waals surface area (Å²) in [4.78, 5) is 22.1. The number of carboxylic acid groups (broad SMARTS) is 1. The Labute approximate surface area is 131 Å². The van der Waals surface area contributed by atoms with Crippen LogP contribution in [0.25, 0.3) is 0 Å². The molecule has 3 N–H and O–H groups in total. The molecule has 7 heteroatoms. The molecule has 1 amide bonds. The van der Waals surface area contributed by atoms with E-state index in [4.69, 9.17) is 5.11 Å². The van der Waals surface area contributed by atoms with Crippen LogP contribution < -0.4 is 5.32 Å². The SMILES string of the molecule is O=C(O)CCCNC(=O)c1cc(I)cc(I)c1O. The minimum Gasteiger partial charge on any atom is -0.506 e. The van der Waals surface area contributed by atoms with Crippen LogP contribution >= 0.6 is 45.2 Å². The lowest BCUT2D eigenvalue weighted by Gasteiger charge is -2.08. The zero-order chi connectivity index (χ0) is 13.7. The molecular weight excluding hydrogens is 464 g/mol. The maximum atomic E-state index is 11.8. The lowest BCUT2D eigenvalue weighted by atomic mass is 10.2. The molecular formula is C11H11I2NO4. The number of nitrogens with one attached hydrogen (secondary N) is 1. The first kappa shape index (κ1) is 15.5. The first-order valence-corrected chi connectivity index (χ1v) is 7.25. The molecule has 1 aromatic rings. The zero-order valence-corrected chi connectivity index (χ0v) is 13.6. The molecule has 0 saturated heterocycles. The van der Waals surface area contributed by atoms with Crippen molar-refractivity contribution in [1.29, 1.82) is 0 Å². The molecule has 5 nitrogen and oxygen atoms in total. The van der Waals surface area contributed by atoms with Gasteiger partial charge in [0, 0.05) is 16.5 Å². The monoisotopic (exact) mass is 475 g/mol. The Morgan fingerprint density at radius 3 is 2.56 bits per heavy atom. The number of hydrogen-bond donors (Lipinski definition) is 3. The topological polar surface area (TPSA) is 86.6 Å². The number of benzene rings is 1. The molecule has 1 rings (SSSR count). The highest BCUT2D eigenvalue weighted by atomic mass is 127. The van der Waals surface area contributed by atoms with Gasteiger partial charge >= 0.3 is 5.97 Å². The molecule has 0 unspecified atom stereocenters. The Hall–Kier alpha value is -0.580. The number of aliphatic carboxylic acids is 1. The lowest BCUT2D eigenvalue weighted by molar-refractivity contribution is -0.137. The van der Waals surface area contributed by atoms with E-state index >= 15 is 0 Å². The minimum atomic E-state index is -0.893. The fourth-order valence-electron chi connectivity index (χ4n) is 1.28. The van der Waals surface area contributed by atoms with Gasteiger partial charge in [0.1, 0.15) is 5.75 Å². The highest BCUT2D eigenvalue weighted by Crippen LogP contribution is 2.26. The standard InChI is InChI=1S/C11H11I2NO4/c12-6-4-7(10(17)8(13)5-6)11(18)14-3-1-2-9(15)16/h4-5,17H,1-3H2,(H,14,18)(H,15,16). The normalized spacial score (nSPS) is 10.1. The maximum Gasteiger partial charge on any atom is 0.303 e. The summed E-state index contributed by atoms with van der Waals surface area (Å²) in [7, 11) is 0. The summed E-state index contributed by atoms with van der Waals surface area (Å²) < 4.78 is 1.46. The third-order valence-electron chi connectivity index (χ3n) is 2.13. The van der Waals surface area contributed by atoms with Crippen LogP contribution in [0, 0.1) is 7.14 Å². The van der Waals surface area contributed by atoms with Crippen molar-refractivity contribution in [3.8, 4) is 5.75 Å². The second kappa shape index (κ2) is 7.12. The van der Waals surface area contributed by atoms with Gasteiger partial charge in [0.25, 0.3) is 5.91 Å². The number of rotatable bonds is 5. The molecule has 0 aliphatic carbocycles. The second-order valence-corrected chi connectivity index (χ2v) is 5.94. The third-order valence-corrected chi connectivity index (χ3v) is 3.57. The molecule has 0 atom stereocenters. The number of phenolic OH excluding ortho intramolecular Hbond substituents is 1. The largest absolute Gasteiger partial charge is 0.506 e. The van der Waals surface area contributed by atoms with Gasteiger partial charge in [0.2, 0.25) is 0 Å². The van der Waals surface area contributed by atoms with Crippen LogP contribution in [0.4, 0.5) is 0 Å². The summed E-state index contributed by atoms with van der Waals surface area (Å²) in [5, 5.41) is 20.8. The van der Waals surface area contributed by atoms with Gasteiger partial charge in [0.15, 0.2) is 0 Å². The fraction of sp³-hybridized carbons (Fsp3) is 0.273. The molecule has 0 aliphatic rings. The van der Waals surface area contributed by atoms with Gasteiger partial charge in [0.05, 0.1) is 9.13 Å². The predicted octanol–water partition coefficient (Wildman–Crippen LogP) is 2.20. The number of aromatic hydroxyl groups is 1. The van der Waals surface area contributed by atoms with Crippen molar-refractivity contribution in [2.24, 2.45) is 0 Å². The summed E-state index contributed by atoms with van der Waals surface area (Å²) in [6.45, 7) is 0.270. The average molecular weight is 475 g/mol. The quantitative estimate of drug-likeness (QED) is 0.451. The van der Waals surface area contributed by atoms with E-state index in [0.717, 1.165) is 3.57 Å². The van der Waals surface area contributed by atoms with E-state index in [2.05, 4.69) is 27.9 Å². The Balaban J connectivity index is 2.64. The molecule has 0 radical (unpaired) electrons. The van der Waals surface area contributed by atoms with E-state index in [9.17, 15) is 14.7 Å². The lowest BCUT2D eigenvalue weighted by Crippen LogP contribution is -2.25. The highest BCUT2D eigenvalue weighted by Gasteiger charge is 2.14. The molecule has 18 heavy (non-hydrogen) atoms. The van der Waals surface area contributed by atoms with Gasteiger partial charge in [-0.1, -0.05) is 0 Å². The highest BCUT2D eigenvalue weighted by molar-refractivity contribution is 14.1. The van der Waals surface area contributed by atoms with Crippen molar-refractivity contribution in [1.82, 2.24) is 5.32 Å². The van der Waals surface area contributed by atoms with Crippen LogP contribution in [0.2, 0.25) is 0 Å². The average Bonchev–Trinajstić information content (AvgIpc) is 2.28. The first-order valence-electron chi connectivity index (χ1n) is 5.10. The Morgan fingerprint density at radius 1 is 1.28 bits per heavy atom. The molecule has 98 valence electrons. The van der Waals surface area contributed by atoms with Crippen molar-refractivity contribution in [2.75, 3.05) is 6.54 Å². The van der Waals surface area contributed by atoms with Gasteiger partial charge in [-0.3, -0.25) is 9.59 Å². The predicted molar refractivity (Wildman–Crippen MR) is 82.7 cm³/mol. The summed E-state index contributed by atoms with van der Waals surface area (Å²) in [6.07, 6.45) is 0.374. The Bertz CT molecular complexity index is 476. The maximum absolute atomic E-state index is 11.8. The molecule has 0 bridgehead atoms. The number of carbonyl (C=O) groups is 2. The van der Waals surface area contributed by atoms with E-state index in [1.54, 1.807) is 12.1 Å². The van der Waals surface area contributed by atoms with Gasteiger partial charge < -0.3 is 15.5 Å². The van der Waals surface area contributed by atoms with E-state index in [-0.39, 0.29) is 24.3 Å². The van der Waals surface area contributed by atoms with Crippen LogP contribution in [-0.4, -0.2) is 28.6 Å². The van der Waals surface area contributed by atoms with E-state index in [1.807, 2.05) is 22.6 Å². The molecule has 0 aliphatic heterocycles. The van der Waals surface area contributed by atoms with E-state index < -0.39 is 11.9 Å². The van der Waals surface area contributed by atoms with Gasteiger partial charge in [-0.05, 0) is 63.7 Å². The van der Waals surface area contributed by atoms with Crippen molar-refractivity contribution in [3.63, 3.8) is 0 Å². The number of carbonyl (C=O) groups excluding carboxylic acids is 1. The summed E-state index contributed by atoms with van der Waals surface area (Å²) in [6, 6.07) is 3.35. The minimum absolute atomic E-state index is 0.0100. The van der Waals surface area contributed by atoms with Crippen LogP contribution in [0.5, 0.6) is 5.75 Å². The first-order chi connectivity index (χ1) is 8.41. The molecule has 0 spiro atoms. The number of amides is 1. The smallest absolute Gasteiger partial charge is 0.303 e.